The molecule has 6 heteroatoms. The molecule has 0 saturated carbocycles. The molecule has 0 unspecified atom stereocenters. The molecule has 2 aromatic rings. The summed E-state index contributed by atoms with van der Waals surface area (Å²) in [6.45, 7) is 5.43. The molecule has 2 aromatic carbocycles. The third-order valence-electron chi connectivity index (χ3n) is 5.54. The van der Waals surface area contributed by atoms with Gasteiger partial charge < -0.3 is 14.5 Å². The number of amides is 2. The molecular weight excluding hydrogens is 342 g/mol. The number of hydrogen-bond donors (Lipinski definition) is 2. The lowest BCUT2D eigenvalue weighted by Gasteiger charge is -2.31. The summed E-state index contributed by atoms with van der Waals surface area (Å²) in [5, 5.41) is 0. The summed E-state index contributed by atoms with van der Waals surface area (Å²) in [6, 6.07) is 15.3. The van der Waals surface area contributed by atoms with Crippen molar-refractivity contribution in [3.05, 3.63) is 65.2 Å². The minimum atomic E-state index is -0.156. The summed E-state index contributed by atoms with van der Waals surface area (Å²) in [6.07, 6.45) is 0. The Morgan fingerprint density at radius 1 is 0.852 bits per heavy atom. The van der Waals surface area contributed by atoms with Crippen LogP contribution in [0.25, 0.3) is 0 Å². The van der Waals surface area contributed by atoms with Gasteiger partial charge in [-0.25, -0.2) is 4.90 Å². The molecule has 2 heterocycles. The largest absolute Gasteiger partial charge is 0.497 e. The van der Waals surface area contributed by atoms with Crippen LogP contribution in [-0.4, -0.2) is 56.7 Å². The number of fused-ring (bicyclic) bond motifs is 1. The number of carbonyl (C=O) groups excluding carboxylic acids is 2. The first-order chi connectivity index (χ1) is 13.2. The fourth-order valence-corrected chi connectivity index (χ4v) is 3.93. The Kier molecular flexibility index (Phi) is 4.92. The average molecular weight is 367 g/mol. The Morgan fingerprint density at radius 3 is 1.96 bits per heavy atom. The molecule has 0 atom stereocenters. The number of nitrogens with zero attached hydrogens (tertiary/aromatic N) is 1. The molecule has 2 N–H and O–H groups in total. The number of nitrogens with one attached hydrogen (secondary N) is 2. The predicted molar refractivity (Wildman–Crippen MR) is 99.9 cm³/mol. The van der Waals surface area contributed by atoms with Crippen molar-refractivity contribution in [2.24, 2.45) is 0 Å². The monoisotopic (exact) mass is 367 g/mol. The van der Waals surface area contributed by atoms with E-state index in [1.54, 1.807) is 19.2 Å². The van der Waals surface area contributed by atoms with Gasteiger partial charge in [0.05, 0.1) is 18.2 Å². The summed E-state index contributed by atoms with van der Waals surface area (Å²) in [4.78, 5) is 29.3. The second kappa shape index (κ2) is 7.50. The van der Waals surface area contributed by atoms with E-state index in [4.69, 9.17) is 4.74 Å². The minimum absolute atomic E-state index is 0.156. The highest BCUT2D eigenvalue weighted by molar-refractivity contribution is 6.21. The molecule has 0 radical (unpaired) electrons. The molecule has 2 aliphatic heterocycles. The quantitative estimate of drug-likeness (QED) is 0.683. The first-order valence-electron chi connectivity index (χ1n) is 9.41. The smallest absolute Gasteiger partial charge is 0.265 e. The third-order valence-corrected chi connectivity index (χ3v) is 5.54. The van der Waals surface area contributed by atoms with Crippen molar-refractivity contribution >= 4 is 11.8 Å². The Morgan fingerprint density at radius 2 is 1.41 bits per heavy atom. The lowest BCUT2D eigenvalue weighted by Crippen LogP contribution is -3.28. The molecule has 2 amide bonds. The summed E-state index contributed by atoms with van der Waals surface area (Å²) < 4.78 is 5.21. The van der Waals surface area contributed by atoms with Crippen LogP contribution in [0.3, 0.4) is 0 Å². The van der Waals surface area contributed by atoms with Gasteiger partial charge in [-0.05, 0) is 36.4 Å². The number of hydrogen-bond acceptors (Lipinski definition) is 3. The van der Waals surface area contributed by atoms with Gasteiger partial charge in [0, 0.05) is 5.56 Å². The van der Waals surface area contributed by atoms with E-state index in [9.17, 15) is 9.59 Å². The van der Waals surface area contributed by atoms with Gasteiger partial charge in [0.1, 0.15) is 38.5 Å². The number of rotatable bonds is 5. The van der Waals surface area contributed by atoms with Gasteiger partial charge >= 0.3 is 0 Å². The van der Waals surface area contributed by atoms with Crippen LogP contribution in [0.15, 0.2) is 48.5 Å². The highest BCUT2D eigenvalue weighted by atomic mass is 16.5. The van der Waals surface area contributed by atoms with Crippen LogP contribution in [0.5, 0.6) is 5.75 Å². The average Bonchev–Trinajstić information content (AvgIpc) is 2.95. The fourth-order valence-electron chi connectivity index (χ4n) is 3.93. The lowest BCUT2D eigenvalue weighted by molar-refractivity contribution is -1.02. The first-order valence-corrected chi connectivity index (χ1v) is 9.41. The second-order valence-corrected chi connectivity index (χ2v) is 7.27. The second-order valence-electron chi connectivity index (χ2n) is 7.27. The highest BCUT2D eigenvalue weighted by Crippen LogP contribution is 2.21. The molecule has 6 nitrogen and oxygen atoms in total. The Bertz CT molecular complexity index is 807. The normalized spacial score (nSPS) is 22.0. The number of quaternary nitrogens is 2. The molecule has 0 bridgehead atoms. The molecule has 2 aliphatic rings. The van der Waals surface area contributed by atoms with E-state index in [2.05, 4.69) is 12.1 Å². The number of methoxy groups -OCH3 is 1. The van der Waals surface area contributed by atoms with Crippen LogP contribution in [0.2, 0.25) is 0 Å². The van der Waals surface area contributed by atoms with Gasteiger partial charge in [0.15, 0.2) is 6.67 Å². The van der Waals surface area contributed by atoms with Crippen LogP contribution in [0, 0.1) is 0 Å². The van der Waals surface area contributed by atoms with Crippen molar-refractivity contribution in [3.8, 4) is 5.75 Å². The fraction of sp³-hybridized carbons (Fsp3) is 0.333. The molecule has 0 aromatic heterocycles. The van der Waals surface area contributed by atoms with E-state index in [1.165, 1.54) is 20.3 Å². The number of ether oxygens (including phenoxy) is 1. The first kappa shape index (κ1) is 17.7. The molecule has 0 spiro atoms. The zero-order valence-corrected chi connectivity index (χ0v) is 15.5. The van der Waals surface area contributed by atoms with E-state index in [0.29, 0.717) is 17.8 Å². The number of piperazine rings is 1. The number of benzene rings is 2. The van der Waals surface area contributed by atoms with Crippen LogP contribution in [0.4, 0.5) is 0 Å². The van der Waals surface area contributed by atoms with Crippen molar-refractivity contribution < 1.29 is 24.1 Å². The van der Waals surface area contributed by atoms with Gasteiger partial charge in [0.2, 0.25) is 0 Å². The Balaban J connectivity index is 1.31. The molecule has 140 valence electrons. The van der Waals surface area contributed by atoms with E-state index < -0.39 is 0 Å². The zero-order valence-electron chi connectivity index (χ0n) is 15.5. The van der Waals surface area contributed by atoms with Crippen molar-refractivity contribution in [3.63, 3.8) is 0 Å². The number of imide groups is 1. The number of carbonyl (C=O) groups is 2. The summed E-state index contributed by atoms with van der Waals surface area (Å²) in [5.41, 5.74) is 2.37. The third kappa shape index (κ3) is 3.59. The standard InChI is InChI=1S/C21H23N3O3/c1-27-17-8-6-16(7-9-17)14-22-10-12-23(13-11-22)15-24-20(25)18-4-2-3-5-19(18)21(24)26/h2-9H,10-15H2,1H3/p+2. The molecule has 0 aliphatic carbocycles. The zero-order chi connectivity index (χ0) is 18.8. The van der Waals surface area contributed by atoms with Gasteiger partial charge in [-0.15, -0.1) is 0 Å². The van der Waals surface area contributed by atoms with Crippen molar-refractivity contribution in [2.75, 3.05) is 40.0 Å². The SMILES string of the molecule is COc1ccc(C[NH+]2CC[NH+](CN3C(=O)c4ccccc4C3=O)CC2)cc1. The summed E-state index contributed by atoms with van der Waals surface area (Å²) in [5.74, 6) is 0.566. The maximum absolute atomic E-state index is 12.5. The summed E-state index contributed by atoms with van der Waals surface area (Å²) in [7, 11) is 1.68. The predicted octanol–water partition coefficient (Wildman–Crippen LogP) is -0.768. The maximum Gasteiger partial charge on any atom is 0.265 e. The maximum atomic E-state index is 12.5. The van der Waals surface area contributed by atoms with E-state index in [1.807, 2.05) is 24.3 Å². The molecule has 1 saturated heterocycles. The van der Waals surface area contributed by atoms with Gasteiger partial charge in [-0.3, -0.25) is 9.59 Å². The topological polar surface area (TPSA) is 55.5 Å². The van der Waals surface area contributed by atoms with Crippen molar-refractivity contribution in [2.45, 2.75) is 6.54 Å². The Hall–Kier alpha value is -2.70. The Labute approximate surface area is 158 Å². The van der Waals surface area contributed by atoms with Gasteiger partial charge in [-0.2, -0.15) is 0 Å². The van der Waals surface area contributed by atoms with Crippen molar-refractivity contribution in [1.82, 2.24) is 4.90 Å². The lowest BCUT2D eigenvalue weighted by atomic mass is 10.1. The minimum Gasteiger partial charge on any atom is -0.497 e. The van der Waals surface area contributed by atoms with E-state index in [-0.39, 0.29) is 11.8 Å². The molecular formula is C21H25N3O3+2. The van der Waals surface area contributed by atoms with Gasteiger partial charge in [-0.1, -0.05) is 12.1 Å². The highest BCUT2D eigenvalue weighted by Gasteiger charge is 2.38. The van der Waals surface area contributed by atoms with Crippen molar-refractivity contribution in [1.29, 1.82) is 0 Å². The van der Waals surface area contributed by atoms with E-state index in [0.717, 1.165) is 38.5 Å². The van der Waals surface area contributed by atoms with E-state index >= 15 is 0 Å². The molecule has 4 rings (SSSR count). The van der Waals surface area contributed by atoms with Crippen LogP contribution in [-0.2, 0) is 6.54 Å². The van der Waals surface area contributed by atoms with Gasteiger partial charge in [0.25, 0.3) is 11.8 Å². The molecule has 27 heavy (non-hydrogen) atoms. The molecule has 1 fully saturated rings. The van der Waals surface area contributed by atoms with Crippen LogP contribution < -0.4 is 14.5 Å². The van der Waals surface area contributed by atoms with Crippen LogP contribution >= 0.6 is 0 Å². The summed E-state index contributed by atoms with van der Waals surface area (Å²) >= 11 is 0. The van der Waals surface area contributed by atoms with Crippen LogP contribution in [0.1, 0.15) is 26.3 Å².